The fraction of sp³-hybridized carbons (Fsp3) is 0.0667. The average molecular weight is 521 g/mol. The van der Waals surface area contributed by atoms with Crippen molar-refractivity contribution in [1.29, 1.82) is 0 Å². The number of carbonyl (C=O) groups excluding carboxylic acids is 1. The average Bonchev–Trinajstić information content (AvgIpc) is 2.47. The van der Waals surface area contributed by atoms with Crippen molar-refractivity contribution in [3.05, 3.63) is 54.7 Å². The van der Waals surface area contributed by atoms with E-state index < -0.39 is 6.03 Å². The number of para-hydroxylation sites is 1. The largest absolute Gasteiger partial charge is 0.506 e. The van der Waals surface area contributed by atoms with Gasteiger partial charge < -0.3 is 10.4 Å². The quantitative estimate of drug-likeness (QED) is 0.324. The molecule has 2 aromatic carbocycles. The highest BCUT2D eigenvalue weighted by atomic mass is 127. The number of nitrogens with one attached hydrogen (secondary N) is 2. The zero-order valence-corrected chi connectivity index (χ0v) is 15.9. The maximum absolute atomic E-state index is 11.8. The fourth-order valence-corrected chi connectivity index (χ4v) is 3.50. The summed E-state index contributed by atoms with van der Waals surface area (Å²) in [5, 5.41) is 16.3. The first kappa shape index (κ1) is 17.0. The molecular formula is C15H13I2N3O2. The van der Waals surface area contributed by atoms with Gasteiger partial charge >= 0.3 is 6.03 Å². The Morgan fingerprint density at radius 2 is 1.86 bits per heavy atom. The minimum absolute atomic E-state index is 0.253. The van der Waals surface area contributed by atoms with E-state index in [1.165, 1.54) is 6.21 Å². The Labute approximate surface area is 155 Å². The van der Waals surface area contributed by atoms with Crippen LogP contribution >= 0.6 is 45.2 Å². The molecular weight excluding hydrogens is 508 g/mol. The molecule has 0 heterocycles. The molecule has 0 aromatic heterocycles. The summed E-state index contributed by atoms with van der Waals surface area (Å²) in [6.07, 6.45) is 1.53. The lowest BCUT2D eigenvalue weighted by molar-refractivity contribution is 0.252. The summed E-state index contributed by atoms with van der Waals surface area (Å²) in [6, 6.07) is 10.7. The van der Waals surface area contributed by atoms with Gasteiger partial charge in [-0.1, -0.05) is 18.2 Å². The molecule has 5 nitrogen and oxygen atoms in total. The van der Waals surface area contributed by atoms with E-state index >= 15 is 0 Å². The number of nitrogens with zero attached hydrogens (tertiary/aromatic N) is 1. The number of phenolic OH excluding ortho intramolecular Hbond substituents is 1. The van der Waals surface area contributed by atoms with E-state index in [0.717, 1.165) is 24.0 Å². The van der Waals surface area contributed by atoms with Crippen LogP contribution in [0.5, 0.6) is 5.75 Å². The molecule has 0 aliphatic carbocycles. The summed E-state index contributed by atoms with van der Waals surface area (Å²) in [6.45, 7) is 1.92. The van der Waals surface area contributed by atoms with E-state index in [9.17, 15) is 9.90 Å². The molecule has 2 rings (SSSR count). The van der Waals surface area contributed by atoms with E-state index in [-0.39, 0.29) is 5.75 Å². The Kier molecular flexibility index (Phi) is 6.00. The van der Waals surface area contributed by atoms with Crippen molar-refractivity contribution in [2.75, 3.05) is 5.32 Å². The third-order valence-corrected chi connectivity index (χ3v) is 4.46. The van der Waals surface area contributed by atoms with Crippen LogP contribution in [0.15, 0.2) is 41.5 Å². The molecule has 0 unspecified atom stereocenters. The van der Waals surface area contributed by atoms with Gasteiger partial charge in [0, 0.05) is 5.69 Å². The van der Waals surface area contributed by atoms with E-state index in [1.807, 2.05) is 76.4 Å². The smallest absolute Gasteiger partial charge is 0.339 e. The number of aromatic hydroxyl groups is 1. The van der Waals surface area contributed by atoms with Gasteiger partial charge in [-0.05, 0) is 81.4 Å². The molecule has 114 valence electrons. The highest BCUT2D eigenvalue weighted by Gasteiger charge is 2.05. The predicted octanol–water partition coefficient (Wildman–Crippen LogP) is 4.07. The number of hydrogen-bond acceptors (Lipinski definition) is 3. The molecule has 0 fully saturated rings. The van der Waals surface area contributed by atoms with E-state index in [4.69, 9.17) is 0 Å². The van der Waals surface area contributed by atoms with Gasteiger partial charge in [-0.15, -0.1) is 0 Å². The molecule has 3 N–H and O–H groups in total. The Morgan fingerprint density at radius 3 is 2.50 bits per heavy atom. The zero-order chi connectivity index (χ0) is 16.1. The Balaban J connectivity index is 1.98. The van der Waals surface area contributed by atoms with Crippen LogP contribution in [0.4, 0.5) is 10.5 Å². The number of benzene rings is 2. The molecule has 0 saturated heterocycles. The fourth-order valence-electron chi connectivity index (χ4n) is 1.69. The molecule has 2 aromatic rings. The second kappa shape index (κ2) is 7.77. The van der Waals surface area contributed by atoms with Gasteiger partial charge in [-0.25, -0.2) is 10.2 Å². The molecule has 0 spiro atoms. The van der Waals surface area contributed by atoms with Gasteiger partial charge in [0.1, 0.15) is 5.75 Å². The third kappa shape index (κ3) is 4.57. The topological polar surface area (TPSA) is 73.7 Å². The summed E-state index contributed by atoms with van der Waals surface area (Å²) in [5.74, 6) is 0.253. The minimum atomic E-state index is -0.409. The second-order valence-electron chi connectivity index (χ2n) is 4.47. The van der Waals surface area contributed by atoms with Crippen LogP contribution in [0, 0.1) is 14.1 Å². The van der Waals surface area contributed by atoms with Crippen molar-refractivity contribution >= 4 is 63.1 Å². The number of carbonyl (C=O) groups is 1. The van der Waals surface area contributed by atoms with Crippen molar-refractivity contribution in [2.24, 2.45) is 5.10 Å². The number of urea groups is 1. The maximum Gasteiger partial charge on any atom is 0.339 e. The maximum atomic E-state index is 11.8. The number of hydrazone groups is 1. The van der Waals surface area contributed by atoms with Crippen molar-refractivity contribution < 1.29 is 9.90 Å². The standard InChI is InChI=1S/C15H13I2N3O2/c1-9-4-2-3-5-13(9)19-15(22)20-18-8-10-6-11(16)14(21)12(17)7-10/h2-8,21H,1H3,(H2,19,20,22). The molecule has 0 bridgehead atoms. The normalized spacial score (nSPS) is 10.7. The SMILES string of the molecule is Cc1ccccc1NC(=O)NN=Cc1cc(I)c(O)c(I)c1. The van der Waals surface area contributed by atoms with Gasteiger partial charge in [0.05, 0.1) is 13.4 Å². The molecule has 0 aliphatic heterocycles. The first-order valence-corrected chi connectivity index (χ1v) is 8.47. The summed E-state index contributed by atoms with van der Waals surface area (Å²) >= 11 is 4.09. The van der Waals surface area contributed by atoms with Gasteiger partial charge in [0.2, 0.25) is 0 Å². The van der Waals surface area contributed by atoms with E-state index in [0.29, 0.717) is 0 Å². The van der Waals surface area contributed by atoms with E-state index in [1.54, 1.807) is 12.1 Å². The molecule has 0 aliphatic rings. The Morgan fingerprint density at radius 1 is 1.23 bits per heavy atom. The van der Waals surface area contributed by atoms with Crippen molar-refractivity contribution in [2.45, 2.75) is 6.92 Å². The molecule has 0 radical (unpaired) electrons. The van der Waals surface area contributed by atoms with Crippen molar-refractivity contribution in [1.82, 2.24) is 5.43 Å². The lowest BCUT2D eigenvalue weighted by Crippen LogP contribution is -2.24. The van der Waals surface area contributed by atoms with Crippen molar-refractivity contribution in [3.8, 4) is 5.75 Å². The van der Waals surface area contributed by atoms with Gasteiger partial charge in [-0.3, -0.25) is 0 Å². The highest BCUT2D eigenvalue weighted by molar-refractivity contribution is 14.1. The number of amides is 2. The van der Waals surface area contributed by atoms with Gasteiger partial charge in [-0.2, -0.15) is 5.10 Å². The lowest BCUT2D eigenvalue weighted by Gasteiger charge is -2.07. The van der Waals surface area contributed by atoms with Crippen LogP contribution < -0.4 is 10.7 Å². The molecule has 2 amide bonds. The summed E-state index contributed by atoms with van der Waals surface area (Å²) in [7, 11) is 0. The second-order valence-corrected chi connectivity index (χ2v) is 6.80. The predicted molar refractivity (Wildman–Crippen MR) is 104 cm³/mol. The third-order valence-electron chi connectivity index (χ3n) is 2.81. The number of rotatable bonds is 3. The number of halogens is 2. The zero-order valence-electron chi connectivity index (χ0n) is 11.6. The van der Waals surface area contributed by atoms with Gasteiger partial charge in [0.25, 0.3) is 0 Å². The molecule has 7 heteroatoms. The summed E-state index contributed by atoms with van der Waals surface area (Å²) < 4.78 is 1.46. The van der Waals surface area contributed by atoms with Crippen LogP contribution in [0.25, 0.3) is 0 Å². The van der Waals surface area contributed by atoms with Crippen LogP contribution in [-0.4, -0.2) is 17.4 Å². The van der Waals surface area contributed by atoms with Crippen molar-refractivity contribution in [3.63, 3.8) is 0 Å². The molecule has 0 atom stereocenters. The first-order valence-electron chi connectivity index (χ1n) is 6.31. The van der Waals surface area contributed by atoms with Gasteiger partial charge in [0.15, 0.2) is 0 Å². The van der Waals surface area contributed by atoms with Crippen LogP contribution in [0.2, 0.25) is 0 Å². The molecule has 0 saturated carbocycles. The van der Waals surface area contributed by atoms with Crippen LogP contribution in [-0.2, 0) is 0 Å². The molecule has 22 heavy (non-hydrogen) atoms. The Bertz CT molecular complexity index is 709. The minimum Gasteiger partial charge on any atom is -0.506 e. The highest BCUT2D eigenvalue weighted by Crippen LogP contribution is 2.26. The number of hydrogen-bond donors (Lipinski definition) is 3. The number of phenols is 1. The van der Waals surface area contributed by atoms with Crippen LogP contribution in [0.3, 0.4) is 0 Å². The summed E-state index contributed by atoms with van der Waals surface area (Å²) in [4.78, 5) is 11.8. The van der Waals surface area contributed by atoms with E-state index in [2.05, 4.69) is 15.8 Å². The first-order chi connectivity index (χ1) is 10.5. The van der Waals surface area contributed by atoms with Crippen LogP contribution in [0.1, 0.15) is 11.1 Å². The summed E-state index contributed by atoms with van der Waals surface area (Å²) in [5.41, 5.74) is 4.92. The number of aryl methyl sites for hydroxylation is 1. The number of anilines is 1. The monoisotopic (exact) mass is 521 g/mol. The Hall–Kier alpha value is -1.36. The lowest BCUT2D eigenvalue weighted by atomic mass is 10.2.